The summed E-state index contributed by atoms with van der Waals surface area (Å²) in [6.45, 7) is 4.05. The van der Waals surface area contributed by atoms with Crippen LogP contribution >= 0.6 is 27.5 Å². The number of para-hydroxylation sites is 1. The first-order chi connectivity index (χ1) is 16.5. The first kappa shape index (κ1) is 22.1. The molecule has 8 heteroatoms. The van der Waals surface area contributed by atoms with Crippen molar-refractivity contribution >= 4 is 55.6 Å². The lowest BCUT2D eigenvalue weighted by molar-refractivity contribution is 0.361. The molecule has 34 heavy (non-hydrogen) atoms. The molecule has 0 saturated heterocycles. The minimum Gasteiger partial charge on any atom is -0.488 e. The summed E-state index contributed by atoms with van der Waals surface area (Å²) in [5, 5.41) is 6.33. The van der Waals surface area contributed by atoms with Gasteiger partial charge < -0.3 is 9.15 Å². The lowest BCUT2D eigenvalue weighted by Gasteiger charge is -2.08. The summed E-state index contributed by atoms with van der Waals surface area (Å²) in [5.74, 6) is 1.38. The van der Waals surface area contributed by atoms with Crippen LogP contribution in [-0.2, 0) is 0 Å². The molecule has 0 aliphatic carbocycles. The van der Waals surface area contributed by atoms with Crippen LogP contribution in [0, 0.1) is 0 Å². The third-order valence-corrected chi connectivity index (χ3v) is 5.94. The number of fused-ring (bicyclic) bond motifs is 2. The van der Waals surface area contributed by atoms with Crippen molar-refractivity contribution in [3.8, 4) is 17.3 Å². The van der Waals surface area contributed by atoms with Gasteiger partial charge in [-0.25, -0.2) is 4.98 Å². The van der Waals surface area contributed by atoms with Crippen LogP contribution < -0.4 is 10.3 Å². The van der Waals surface area contributed by atoms with Crippen LogP contribution in [0.5, 0.6) is 5.75 Å². The molecule has 5 rings (SSSR count). The van der Waals surface area contributed by atoms with Gasteiger partial charge >= 0.3 is 0 Å². The number of furan rings is 1. The Morgan fingerprint density at radius 2 is 2.00 bits per heavy atom. The first-order valence-corrected chi connectivity index (χ1v) is 11.5. The first-order valence-electron chi connectivity index (χ1n) is 10.3. The molecule has 0 unspecified atom stereocenters. The molecule has 2 heterocycles. The average molecular weight is 535 g/mol. The van der Waals surface area contributed by atoms with Gasteiger partial charge in [0.2, 0.25) is 5.82 Å². The van der Waals surface area contributed by atoms with E-state index in [0.29, 0.717) is 39.6 Å². The van der Waals surface area contributed by atoms with Gasteiger partial charge in [0.15, 0.2) is 5.76 Å². The van der Waals surface area contributed by atoms with Gasteiger partial charge in [-0.3, -0.25) is 4.79 Å². The van der Waals surface area contributed by atoms with Gasteiger partial charge in [0.1, 0.15) is 17.9 Å². The summed E-state index contributed by atoms with van der Waals surface area (Å²) in [5.41, 5.74) is 1.65. The standard InChI is InChI=1S/C26H17BrClN3O3/c1-2-11-33-23-9-7-16(12-20(23)27)15-29-31-25(30-21-6-4-3-5-19(21)26(31)32)24-14-17-13-18(28)8-10-22(17)34-24/h2-10,12-15H,1,11H2. The number of halogens is 2. The zero-order valence-corrected chi connectivity index (χ0v) is 20.1. The highest BCUT2D eigenvalue weighted by molar-refractivity contribution is 9.10. The summed E-state index contributed by atoms with van der Waals surface area (Å²) in [6, 6.07) is 19.8. The van der Waals surface area contributed by atoms with Crippen molar-refractivity contribution < 1.29 is 9.15 Å². The molecular weight excluding hydrogens is 518 g/mol. The summed E-state index contributed by atoms with van der Waals surface area (Å²) in [7, 11) is 0. The Balaban J connectivity index is 1.63. The highest BCUT2D eigenvalue weighted by Gasteiger charge is 2.16. The molecule has 0 spiro atoms. The lowest BCUT2D eigenvalue weighted by atomic mass is 10.2. The van der Waals surface area contributed by atoms with E-state index in [1.165, 1.54) is 4.68 Å². The van der Waals surface area contributed by atoms with E-state index in [1.807, 2.05) is 24.3 Å². The quantitative estimate of drug-likeness (QED) is 0.180. The fraction of sp³-hybridized carbons (Fsp3) is 0.0385. The zero-order chi connectivity index (χ0) is 23.7. The Bertz CT molecular complexity index is 1640. The highest BCUT2D eigenvalue weighted by atomic mass is 79.9. The maximum atomic E-state index is 13.4. The molecule has 5 aromatic rings. The van der Waals surface area contributed by atoms with Gasteiger partial charge in [-0.15, -0.1) is 0 Å². The maximum absolute atomic E-state index is 13.4. The van der Waals surface area contributed by atoms with Crippen LogP contribution in [0.2, 0.25) is 5.02 Å². The molecule has 3 aromatic carbocycles. The number of hydrogen-bond acceptors (Lipinski definition) is 5. The van der Waals surface area contributed by atoms with Crippen molar-refractivity contribution in [1.29, 1.82) is 0 Å². The van der Waals surface area contributed by atoms with Gasteiger partial charge in [-0.2, -0.15) is 9.78 Å². The maximum Gasteiger partial charge on any atom is 0.282 e. The van der Waals surface area contributed by atoms with E-state index in [4.69, 9.17) is 20.8 Å². The molecular formula is C26H17BrClN3O3. The smallest absolute Gasteiger partial charge is 0.282 e. The third kappa shape index (κ3) is 4.27. The third-order valence-electron chi connectivity index (χ3n) is 5.09. The SMILES string of the molecule is C=CCOc1ccc(C=Nn2c(-c3cc4cc(Cl)ccc4o3)nc3ccccc3c2=O)cc1Br. The van der Waals surface area contributed by atoms with E-state index in [9.17, 15) is 4.79 Å². The van der Waals surface area contributed by atoms with Gasteiger partial charge in [0.25, 0.3) is 5.56 Å². The van der Waals surface area contributed by atoms with Crippen molar-refractivity contribution in [3.63, 3.8) is 0 Å². The van der Waals surface area contributed by atoms with Gasteiger partial charge in [-0.1, -0.05) is 36.4 Å². The van der Waals surface area contributed by atoms with Crippen LogP contribution in [0.15, 0.2) is 98.2 Å². The highest BCUT2D eigenvalue weighted by Crippen LogP contribution is 2.29. The van der Waals surface area contributed by atoms with Crippen molar-refractivity contribution in [2.75, 3.05) is 6.61 Å². The Hall–Kier alpha value is -3.68. The average Bonchev–Trinajstić information content (AvgIpc) is 3.26. The largest absolute Gasteiger partial charge is 0.488 e. The molecule has 0 saturated carbocycles. The molecule has 0 aliphatic rings. The Labute approximate surface area is 207 Å². The van der Waals surface area contributed by atoms with Gasteiger partial charge in [0, 0.05) is 10.4 Å². The monoisotopic (exact) mass is 533 g/mol. The predicted octanol–water partition coefficient (Wildman–Crippen LogP) is 6.67. The number of nitrogens with zero attached hydrogens (tertiary/aromatic N) is 3. The lowest BCUT2D eigenvalue weighted by Crippen LogP contribution is -2.20. The fourth-order valence-corrected chi connectivity index (χ4v) is 4.19. The molecule has 0 aliphatic heterocycles. The Kier molecular flexibility index (Phi) is 6.04. The summed E-state index contributed by atoms with van der Waals surface area (Å²) < 4.78 is 13.6. The molecule has 0 radical (unpaired) electrons. The van der Waals surface area contributed by atoms with Crippen LogP contribution in [0.4, 0.5) is 0 Å². The molecule has 2 aromatic heterocycles. The van der Waals surface area contributed by atoms with Gasteiger partial charge in [0.05, 0.1) is 21.6 Å². The van der Waals surface area contributed by atoms with Crippen LogP contribution in [-0.4, -0.2) is 22.5 Å². The van der Waals surface area contributed by atoms with Crippen LogP contribution in [0.25, 0.3) is 33.5 Å². The molecule has 0 amide bonds. The molecule has 0 fully saturated rings. The second kappa shape index (κ2) is 9.29. The predicted molar refractivity (Wildman–Crippen MR) is 139 cm³/mol. The van der Waals surface area contributed by atoms with E-state index >= 15 is 0 Å². The Morgan fingerprint density at radius 1 is 1.15 bits per heavy atom. The van der Waals surface area contributed by atoms with Crippen molar-refractivity contribution in [3.05, 3.63) is 105 Å². The Morgan fingerprint density at radius 3 is 2.82 bits per heavy atom. The summed E-state index contributed by atoms with van der Waals surface area (Å²) in [4.78, 5) is 18.0. The topological polar surface area (TPSA) is 69.6 Å². The summed E-state index contributed by atoms with van der Waals surface area (Å²) >= 11 is 9.62. The van der Waals surface area contributed by atoms with Crippen LogP contribution in [0.3, 0.4) is 0 Å². The molecule has 0 atom stereocenters. The van der Waals surface area contributed by atoms with E-state index in [1.54, 1.807) is 54.8 Å². The normalized spacial score (nSPS) is 11.5. The minimum atomic E-state index is -0.305. The zero-order valence-electron chi connectivity index (χ0n) is 17.7. The second-order valence-corrected chi connectivity index (χ2v) is 8.69. The molecule has 6 nitrogen and oxygen atoms in total. The van der Waals surface area contributed by atoms with Crippen LogP contribution in [0.1, 0.15) is 5.56 Å². The number of aromatic nitrogens is 2. The minimum absolute atomic E-state index is 0.289. The molecule has 168 valence electrons. The van der Waals surface area contributed by atoms with Crippen molar-refractivity contribution in [1.82, 2.24) is 9.66 Å². The van der Waals surface area contributed by atoms with Gasteiger partial charge in [-0.05, 0) is 76.1 Å². The number of hydrogen-bond donors (Lipinski definition) is 0. The van der Waals surface area contributed by atoms with E-state index < -0.39 is 0 Å². The molecule has 0 N–H and O–H groups in total. The number of rotatable bonds is 6. The van der Waals surface area contributed by atoms with E-state index in [0.717, 1.165) is 15.4 Å². The van der Waals surface area contributed by atoms with E-state index in [2.05, 4.69) is 32.6 Å². The fourth-order valence-electron chi connectivity index (χ4n) is 3.50. The summed E-state index contributed by atoms with van der Waals surface area (Å²) in [6.07, 6.45) is 3.26. The van der Waals surface area contributed by atoms with E-state index in [-0.39, 0.29) is 11.4 Å². The molecule has 0 bridgehead atoms. The van der Waals surface area contributed by atoms with Crippen molar-refractivity contribution in [2.45, 2.75) is 0 Å². The number of ether oxygens (including phenoxy) is 1. The van der Waals surface area contributed by atoms with Crippen molar-refractivity contribution in [2.24, 2.45) is 5.10 Å². The second-order valence-electron chi connectivity index (χ2n) is 7.40. The number of benzene rings is 3.